The first-order chi connectivity index (χ1) is 16.6. The summed E-state index contributed by atoms with van der Waals surface area (Å²) in [6.07, 6.45) is 0.992. The molecule has 0 aliphatic heterocycles. The first-order valence-electron chi connectivity index (χ1n) is 11.9. The molecule has 2 aromatic carbocycles. The number of nitrogens with one attached hydrogen (secondary N) is 1. The molecule has 7 heteroatoms. The lowest BCUT2D eigenvalue weighted by atomic mass is 10.0. The topological polar surface area (TPSA) is 90.7 Å². The van der Waals surface area contributed by atoms with E-state index in [1.165, 1.54) is 0 Å². The van der Waals surface area contributed by atoms with Crippen molar-refractivity contribution in [1.29, 1.82) is 0 Å². The molecule has 35 heavy (non-hydrogen) atoms. The van der Waals surface area contributed by atoms with E-state index in [1.807, 2.05) is 65.0 Å². The van der Waals surface area contributed by atoms with E-state index in [4.69, 9.17) is 13.9 Å². The number of aryl methyl sites for hydroxylation is 1. The number of benzene rings is 2. The molecule has 0 bridgehead atoms. The van der Waals surface area contributed by atoms with E-state index >= 15 is 0 Å². The van der Waals surface area contributed by atoms with Gasteiger partial charge in [-0.25, -0.2) is 9.78 Å². The molecular weight excluding hydrogens is 444 g/mol. The maximum absolute atomic E-state index is 12.5. The average molecular weight is 479 g/mol. The molecule has 3 rings (SSSR count). The van der Waals surface area contributed by atoms with Gasteiger partial charge in [-0.2, -0.15) is 0 Å². The number of Topliss-reactive ketones (excluding diaryl/α,β-unsaturated/α-hetero) is 1. The number of nitrogens with zero attached hydrogens (tertiary/aromatic N) is 1. The van der Waals surface area contributed by atoms with Crippen LogP contribution in [0.3, 0.4) is 0 Å². The van der Waals surface area contributed by atoms with Crippen LogP contribution in [-0.2, 0) is 11.2 Å². The summed E-state index contributed by atoms with van der Waals surface area (Å²) in [4.78, 5) is 29.0. The van der Waals surface area contributed by atoms with Gasteiger partial charge in [-0.05, 0) is 77.4 Å². The van der Waals surface area contributed by atoms with Crippen LogP contribution in [0.4, 0.5) is 4.79 Å². The van der Waals surface area contributed by atoms with E-state index < -0.39 is 11.7 Å². The third kappa shape index (κ3) is 8.28. The van der Waals surface area contributed by atoms with Crippen molar-refractivity contribution in [2.24, 2.45) is 0 Å². The Morgan fingerprint density at radius 2 is 1.74 bits per heavy atom. The van der Waals surface area contributed by atoms with Gasteiger partial charge in [-0.1, -0.05) is 18.2 Å². The highest BCUT2D eigenvalue weighted by Gasteiger charge is 2.18. The van der Waals surface area contributed by atoms with Crippen LogP contribution in [0.15, 0.2) is 59.0 Å². The molecular formula is C28H34N2O5. The second-order valence-corrected chi connectivity index (χ2v) is 9.52. The van der Waals surface area contributed by atoms with Gasteiger partial charge in [0, 0.05) is 30.0 Å². The van der Waals surface area contributed by atoms with Crippen molar-refractivity contribution in [1.82, 2.24) is 10.3 Å². The molecule has 1 unspecified atom stereocenters. The first-order valence-corrected chi connectivity index (χ1v) is 11.9. The molecule has 0 radical (unpaired) electrons. The number of amides is 1. The normalized spacial score (nSPS) is 12.1. The molecule has 1 heterocycles. The minimum atomic E-state index is -0.553. The Labute approximate surface area is 206 Å². The van der Waals surface area contributed by atoms with Crippen molar-refractivity contribution in [3.05, 3.63) is 71.6 Å². The summed E-state index contributed by atoms with van der Waals surface area (Å²) < 4.78 is 16.9. The van der Waals surface area contributed by atoms with Gasteiger partial charge in [0.15, 0.2) is 5.78 Å². The van der Waals surface area contributed by atoms with Gasteiger partial charge in [-0.3, -0.25) is 4.79 Å². The van der Waals surface area contributed by atoms with Crippen LogP contribution in [0.2, 0.25) is 0 Å². The number of hydrogen-bond acceptors (Lipinski definition) is 6. The number of carbonyl (C=O) groups is 2. The number of alkyl carbamates (subject to hydrolysis) is 1. The molecule has 1 atom stereocenters. The third-order valence-corrected chi connectivity index (χ3v) is 5.26. The summed E-state index contributed by atoms with van der Waals surface area (Å²) in [6.45, 7) is 9.64. The van der Waals surface area contributed by atoms with Gasteiger partial charge >= 0.3 is 6.09 Å². The monoisotopic (exact) mass is 478 g/mol. The Bertz CT molecular complexity index is 1110. The van der Waals surface area contributed by atoms with Crippen LogP contribution >= 0.6 is 0 Å². The summed E-state index contributed by atoms with van der Waals surface area (Å²) >= 11 is 0. The highest BCUT2D eigenvalue weighted by atomic mass is 16.6. The van der Waals surface area contributed by atoms with Crippen molar-refractivity contribution < 1.29 is 23.5 Å². The number of ether oxygens (including phenoxy) is 2. The maximum atomic E-state index is 12.5. The summed E-state index contributed by atoms with van der Waals surface area (Å²) in [6, 6.07) is 16.7. The van der Waals surface area contributed by atoms with Crippen LogP contribution in [0, 0.1) is 6.92 Å². The van der Waals surface area contributed by atoms with Gasteiger partial charge in [0.2, 0.25) is 5.89 Å². The van der Waals surface area contributed by atoms with Crippen LogP contribution in [0.25, 0.3) is 11.5 Å². The fraction of sp³-hybridized carbons (Fsp3) is 0.393. The van der Waals surface area contributed by atoms with Gasteiger partial charge in [0.05, 0.1) is 12.3 Å². The second-order valence-electron chi connectivity index (χ2n) is 9.52. The third-order valence-electron chi connectivity index (χ3n) is 5.26. The Balaban J connectivity index is 1.43. The minimum absolute atomic E-state index is 0.0149. The molecule has 3 aromatic rings. The van der Waals surface area contributed by atoms with Crippen molar-refractivity contribution in [3.63, 3.8) is 0 Å². The molecule has 0 saturated carbocycles. The fourth-order valence-electron chi connectivity index (χ4n) is 3.44. The molecule has 1 N–H and O–H groups in total. The Morgan fingerprint density at radius 1 is 1.06 bits per heavy atom. The van der Waals surface area contributed by atoms with E-state index in [0.717, 1.165) is 17.0 Å². The number of aromatic nitrogens is 1. The predicted molar refractivity (Wildman–Crippen MR) is 135 cm³/mol. The molecule has 0 spiro atoms. The summed E-state index contributed by atoms with van der Waals surface area (Å²) in [5.74, 6) is 2.09. The molecule has 1 aromatic heterocycles. The summed E-state index contributed by atoms with van der Waals surface area (Å²) in [7, 11) is 0. The van der Waals surface area contributed by atoms with Crippen LogP contribution in [0.1, 0.15) is 62.3 Å². The van der Waals surface area contributed by atoms with Gasteiger partial charge in [-0.15, -0.1) is 0 Å². The van der Waals surface area contributed by atoms with Gasteiger partial charge in [0.25, 0.3) is 0 Å². The van der Waals surface area contributed by atoms with Crippen molar-refractivity contribution in [2.75, 3.05) is 6.61 Å². The molecule has 1 amide bonds. The lowest BCUT2D eigenvalue weighted by Gasteiger charge is -2.21. The molecule has 0 saturated heterocycles. The molecule has 0 fully saturated rings. The standard InChI is InChI=1S/C28H34N2O5/c1-19(29-27(32)35-28(3,4)5)11-16-25(31)21-12-14-23(15-13-21)33-18-17-24-20(2)34-26(30-24)22-9-7-6-8-10-22/h6-10,12-15,19H,11,16-18H2,1-5H3,(H,29,32). The van der Waals surface area contributed by atoms with Gasteiger partial charge in [0.1, 0.15) is 17.1 Å². The van der Waals surface area contributed by atoms with E-state index in [0.29, 0.717) is 43.1 Å². The number of hydrogen-bond donors (Lipinski definition) is 1. The maximum Gasteiger partial charge on any atom is 0.407 e. The minimum Gasteiger partial charge on any atom is -0.493 e. The van der Waals surface area contributed by atoms with Crippen LogP contribution < -0.4 is 10.1 Å². The fourth-order valence-corrected chi connectivity index (χ4v) is 3.44. The molecule has 7 nitrogen and oxygen atoms in total. The van der Waals surface area contributed by atoms with Crippen molar-refractivity contribution in [3.8, 4) is 17.2 Å². The Hall–Kier alpha value is -3.61. The van der Waals surface area contributed by atoms with E-state index in [2.05, 4.69) is 10.3 Å². The first kappa shape index (κ1) is 26.0. The SMILES string of the molecule is Cc1oc(-c2ccccc2)nc1CCOc1ccc(C(=O)CCC(C)NC(=O)OC(C)(C)C)cc1. The number of ketones is 1. The Kier molecular flexibility index (Phi) is 8.68. The molecule has 0 aliphatic carbocycles. The molecule has 186 valence electrons. The lowest BCUT2D eigenvalue weighted by molar-refractivity contribution is 0.0504. The summed E-state index contributed by atoms with van der Waals surface area (Å²) in [5.41, 5.74) is 1.87. The zero-order chi connectivity index (χ0) is 25.4. The summed E-state index contributed by atoms with van der Waals surface area (Å²) in [5, 5.41) is 2.76. The largest absolute Gasteiger partial charge is 0.493 e. The second kappa shape index (κ2) is 11.7. The van der Waals surface area contributed by atoms with Crippen molar-refractivity contribution >= 4 is 11.9 Å². The zero-order valence-corrected chi connectivity index (χ0v) is 21.1. The predicted octanol–water partition coefficient (Wildman–Crippen LogP) is 6.15. The van der Waals surface area contributed by atoms with E-state index in [-0.39, 0.29) is 11.8 Å². The number of rotatable bonds is 10. The van der Waals surface area contributed by atoms with E-state index in [1.54, 1.807) is 24.3 Å². The quantitative estimate of drug-likeness (QED) is 0.352. The average Bonchev–Trinajstić information content (AvgIpc) is 3.17. The van der Waals surface area contributed by atoms with Gasteiger partial charge < -0.3 is 19.2 Å². The highest BCUT2D eigenvalue weighted by Crippen LogP contribution is 2.22. The number of oxazole rings is 1. The van der Waals surface area contributed by atoms with Crippen LogP contribution in [-0.4, -0.2) is 35.1 Å². The number of carbonyl (C=O) groups excluding carboxylic acids is 2. The Morgan fingerprint density at radius 3 is 2.40 bits per heavy atom. The molecule has 0 aliphatic rings. The lowest BCUT2D eigenvalue weighted by Crippen LogP contribution is -2.37. The van der Waals surface area contributed by atoms with Crippen molar-refractivity contribution in [2.45, 2.75) is 65.5 Å². The zero-order valence-electron chi connectivity index (χ0n) is 21.1. The highest BCUT2D eigenvalue weighted by molar-refractivity contribution is 5.96. The smallest absolute Gasteiger partial charge is 0.407 e. The van der Waals surface area contributed by atoms with Crippen LogP contribution in [0.5, 0.6) is 5.75 Å². The van der Waals surface area contributed by atoms with E-state index in [9.17, 15) is 9.59 Å².